The van der Waals surface area contributed by atoms with Gasteiger partial charge in [0.05, 0.1) is 11.1 Å². The molecule has 0 saturated carbocycles. The number of nitrogens with one attached hydrogen (secondary N) is 1. The van der Waals surface area contributed by atoms with Gasteiger partial charge in [-0.25, -0.2) is 4.98 Å². The molecule has 8 heteroatoms. The van der Waals surface area contributed by atoms with Crippen LogP contribution in [-0.2, 0) is 6.18 Å². The molecule has 1 aromatic carbocycles. The molecule has 1 aromatic heterocycles. The number of amides is 1. The number of halogens is 3. The van der Waals surface area contributed by atoms with Crippen LogP contribution in [0.4, 0.5) is 24.7 Å². The highest BCUT2D eigenvalue weighted by atomic mass is 19.4. The van der Waals surface area contributed by atoms with E-state index in [1.807, 2.05) is 0 Å². The van der Waals surface area contributed by atoms with Crippen LogP contribution in [0.2, 0.25) is 0 Å². The molecule has 1 amide bonds. The van der Waals surface area contributed by atoms with Crippen LogP contribution in [-0.4, -0.2) is 49.0 Å². The molecule has 0 bridgehead atoms. The van der Waals surface area contributed by atoms with Gasteiger partial charge in [0.15, 0.2) is 0 Å². The first-order valence-corrected chi connectivity index (χ1v) is 8.21. The van der Waals surface area contributed by atoms with Crippen molar-refractivity contribution in [3.8, 4) is 0 Å². The molecule has 26 heavy (non-hydrogen) atoms. The fourth-order valence-electron chi connectivity index (χ4n) is 2.69. The van der Waals surface area contributed by atoms with E-state index in [2.05, 4.69) is 27.1 Å². The number of pyridine rings is 1. The second kappa shape index (κ2) is 7.33. The van der Waals surface area contributed by atoms with Gasteiger partial charge < -0.3 is 15.1 Å². The topological polar surface area (TPSA) is 48.5 Å². The average Bonchev–Trinajstić information content (AvgIpc) is 2.62. The molecule has 1 fully saturated rings. The van der Waals surface area contributed by atoms with Gasteiger partial charge >= 0.3 is 6.18 Å². The summed E-state index contributed by atoms with van der Waals surface area (Å²) < 4.78 is 37.7. The van der Waals surface area contributed by atoms with Crippen LogP contribution in [0.1, 0.15) is 15.9 Å². The molecule has 0 atom stereocenters. The Morgan fingerprint density at radius 3 is 2.23 bits per heavy atom. The van der Waals surface area contributed by atoms with Gasteiger partial charge in [-0.15, -0.1) is 0 Å². The van der Waals surface area contributed by atoms with E-state index >= 15 is 0 Å². The van der Waals surface area contributed by atoms with Gasteiger partial charge in [0.25, 0.3) is 5.91 Å². The largest absolute Gasteiger partial charge is 0.416 e. The van der Waals surface area contributed by atoms with Crippen LogP contribution in [0.25, 0.3) is 0 Å². The first-order valence-electron chi connectivity index (χ1n) is 8.21. The number of rotatable bonds is 3. The first kappa shape index (κ1) is 18.2. The van der Waals surface area contributed by atoms with Crippen molar-refractivity contribution in [1.82, 2.24) is 9.88 Å². The molecule has 1 saturated heterocycles. The van der Waals surface area contributed by atoms with Crippen LogP contribution in [0.5, 0.6) is 0 Å². The van der Waals surface area contributed by atoms with Crippen LogP contribution in [0.3, 0.4) is 0 Å². The molecule has 138 valence electrons. The van der Waals surface area contributed by atoms with Crippen molar-refractivity contribution in [2.24, 2.45) is 0 Å². The van der Waals surface area contributed by atoms with Crippen molar-refractivity contribution in [2.75, 3.05) is 43.4 Å². The smallest absolute Gasteiger partial charge is 0.354 e. The van der Waals surface area contributed by atoms with Crippen LogP contribution in [0, 0.1) is 0 Å². The molecule has 3 rings (SSSR count). The van der Waals surface area contributed by atoms with E-state index in [-0.39, 0.29) is 0 Å². The number of hydrogen-bond acceptors (Lipinski definition) is 4. The standard InChI is InChI=1S/C18H19F3N4O/c1-24-8-10-25(11-9-24)16-7-2-13(12-22-16)17(26)23-15-5-3-14(4-6-15)18(19,20)21/h2-7,12H,8-11H2,1H3,(H,23,26). The summed E-state index contributed by atoms with van der Waals surface area (Å²) >= 11 is 0. The molecule has 0 radical (unpaired) electrons. The van der Waals surface area contributed by atoms with Crippen molar-refractivity contribution in [3.05, 3.63) is 53.7 Å². The SMILES string of the molecule is CN1CCN(c2ccc(C(=O)Nc3ccc(C(F)(F)F)cc3)cn2)CC1. The normalized spacial score (nSPS) is 15.8. The fourth-order valence-corrected chi connectivity index (χ4v) is 2.69. The number of carbonyl (C=O) groups is 1. The number of anilines is 2. The van der Waals surface area contributed by atoms with E-state index in [4.69, 9.17) is 0 Å². The number of piperazine rings is 1. The number of alkyl halides is 3. The molecule has 0 spiro atoms. The highest BCUT2D eigenvalue weighted by Gasteiger charge is 2.30. The van der Waals surface area contributed by atoms with E-state index in [1.165, 1.54) is 18.3 Å². The molecule has 0 aliphatic carbocycles. The summed E-state index contributed by atoms with van der Waals surface area (Å²) in [4.78, 5) is 21.0. The van der Waals surface area contributed by atoms with Crippen molar-refractivity contribution >= 4 is 17.4 Å². The van der Waals surface area contributed by atoms with E-state index < -0.39 is 17.6 Å². The maximum absolute atomic E-state index is 12.6. The second-order valence-electron chi connectivity index (χ2n) is 6.22. The number of nitrogens with zero attached hydrogens (tertiary/aromatic N) is 3. The maximum atomic E-state index is 12.6. The van der Waals surface area contributed by atoms with Crippen molar-refractivity contribution < 1.29 is 18.0 Å². The van der Waals surface area contributed by atoms with Gasteiger partial charge in [0.2, 0.25) is 0 Å². The third-order valence-corrected chi connectivity index (χ3v) is 4.31. The molecule has 1 aliphatic heterocycles. The van der Waals surface area contributed by atoms with Crippen molar-refractivity contribution in [2.45, 2.75) is 6.18 Å². The molecule has 0 unspecified atom stereocenters. The minimum atomic E-state index is -4.40. The predicted molar refractivity (Wildman–Crippen MR) is 93.3 cm³/mol. The second-order valence-corrected chi connectivity index (χ2v) is 6.22. The molecule has 2 heterocycles. The van der Waals surface area contributed by atoms with Crippen LogP contribution >= 0.6 is 0 Å². The Kier molecular flexibility index (Phi) is 5.13. The lowest BCUT2D eigenvalue weighted by molar-refractivity contribution is -0.137. The van der Waals surface area contributed by atoms with E-state index in [0.29, 0.717) is 11.3 Å². The summed E-state index contributed by atoms with van der Waals surface area (Å²) in [7, 11) is 2.07. The highest BCUT2D eigenvalue weighted by molar-refractivity contribution is 6.04. The van der Waals surface area contributed by atoms with E-state index in [9.17, 15) is 18.0 Å². The van der Waals surface area contributed by atoms with Crippen LogP contribution < -0.4 is 10.2 Å². The Hall–Kier alpha value is -2.61. The first-order chi connectivity index (χ1) is 12.3. The minimum absolute atomic E-state index is 0.297. The van der Waals surface area contributed by atoms with Crippen molar-refractivity contribution in [3.63, 3.8) is 0 Å². The Balaban J connectivity index is 1.63. The zero-order valence-electron chi connectivity index (χ0n) is 14.3. The van der Waals surface area contributed by atoms with Crippen LogP contribution in [0.15, 0.2) is 42.6 Å². The zero-order chi connectivity index (χ0) is 18.7. The number of benzene rings is 1. The summed E-state index contributed by atoms with van der Waals surface area (Å²) in [6.07, 6.45) is -2.92. The van der Waals surface area contributed by atoms with Gasteiger partial charge in [-0.3, -0.25) is 4.79 Å². The summed E-state index contributed by atoms with van der Waals surface area (Å²) in [5, 5.41) is 2.58. The molecule has 1 N–H and O–H groups in total. The Morgan fingerprint density at radius 2 is 1.69 bits per heavy atom. The minimum Gasteiger partial charge on any atom is -0.354 e. The summed E-state index contributed by atoms with van der Waals surface area (Å²) in [5.74, 6) is 0.395. The third kappa shape index (κ3) is 4.32. The Bertz CT molecular complexity index is 752. The average molecular weight is 364 g/mol. The highest BCUT2D eigenvalue weighted by Crippen LogP contribution is 2.29. The lowest BCUT2D eigenvalue weighted by Gasteiger charge is -2.33. The maximum Gasteiger partial charge on any atom is 0.416 e. The van der Waals surface area contributed by atoms with Gasteiger partial charge in [0, 0.05) is 38.1 Å². The van der Waals surface area contributed by atoms with E-state index in [0.717, 1.165) is 44.1 Å². The molecule has 5 nitrogen and oxygen atoms in total. The predicted octanol–water partition coefficient (Wildman–Crippen LogP) is 3.10. The lowest BCUT2D eigenvalue weighted by atomic mass is 10.2. The summed E-state index contributed by atoms with van der Waals surface area (Å²) in [5.41, 5.74) is -0.109. The quantitative estimate of drug-likeness (QED) is 0.909. The third-order valence-electron chi connectivity index (χ3n) is 4.31. The fraction of sp³-hybridized carbons (Fsp3) is 0.333. The number of hydrogen-bond donors (Lipinski definition) is 1. The molecule has 1 aliphatic rings. The van der Waals surface area contributed by atoms with Gasteiger partial charge in [-0.1, -0.05) is 0 Å². The summed E-state index contributed by atoms with van der Waals surface area (Å²) in [6.45, 7) is 3.66. The van der Waals surface area contributed by atoms with Crippen molar-refractivity contribution in [1.29, 1.82) is 0 Å². The Morgan fingerprint density at radius 1 is 1.04 bits per heavy atom. The van der Waals surface area contributed by atoms with Gasteiger partial charge in [0.1, 0.15) is 5.82 Å². The Labute approximate surface area is 149 Å². The number of carbonyl (C=O) groups excluding carboxylic acids is 1. The lowest BCUT2D eigenvalue weighted by Crippen LogP contribution is -2.44. The zero-order valence-corrected chi connectivity index (χ0v) is 14.3. The summed E-state index contributed by atoms with van der Waals surface area (Å²) in [6, 6.07) is 7.78. The molecule has 2 aromatic rings. The van der Waals surface area contributed by atoms with Gasteiger partial charge in [-0.2, -0.15) is 13.2 Å². The van der Waals surface area contributed by atoms with Gasteiger partial charge in [-0.05, 0) is 43.4 Å². The van der Waals surface area contributed by atoms with E-state index in [1.54, 1.807) is 12.1 Å². The number of likely N-dealkylation sites (N-methyl/N-ethyl adjacent to an activating group) is 1. The monoisotopic (exact) mass is 364 g/mol. The number of aromatic nitrogens is 1. The molecular weight excluding hydrogens is 345 g/mol. The molecular formula is C18H19F3N4O.